The van der Waals surface area contributed by atoms with Crippen LogP contribution in [0.2, 0.25) is 19.1 Å². The summed E-state index contributed by atoms with van der Waals surface area (Å²) in [4.78, 5) is 0. The van der Waals surface area contributed by atoms with Crippen LogP contribution in [-0.2, 0) is 0 Å². The molecule has 0 unspecified atom stereocenters. The molecule has 2 heteroatoms. The zero-order valence-corrected chi connectivity index (χ0v) is 11.9. The van der Waals surface area contributed by atoms with Gasteiger partial charge in [-0.15, -0.1) is 0 Å². The van der Waals surface area contributed by atoms with Crippen molar-refractivity contribution in [2.45, 2.75) is 65.6 Å². The molecule has 0 spiro atoms. The monoisotopic (exact) mass is 215 g/mol. The average molecular weight is 215 g/mol. The van der Waals surface area contributed by atoms with Gasteiger partial charge >= 0.3 is 0 Å². The van der Waals surface area contributed by atoms with Gasteiger partial charge in [0.1, 0.15) is 8.24 Å². The van der Waals surface area contributed by atoms with Gasteiger partial charge < -0.3 is 4.57 Å². The molecule has 0 bridgehead atoms. The molecule has 0 aromatic carbocycles. The molecule has 0 saturated heterocycles. The van der Waals surface area contributed by atoms with Gasteiger partial charge in [-0.2, -0.15) is 0 Å². The van der Waals surface area contributed by atoms with Crippen LogP contribution in [0.5, 0.6) is 0 Å². The first-order valence-corrected chi connectivity index (χ1v) is 9.49. The third-order valence-corrected chi connectivity index (χ3v) is 7.18. The van der Waals surface area contributed by atoms with Gasteiger partial charge in [0.15, 0.2) is 0 Å². The Bertz CT molecular complexity index is 130. The summed E-state index contributed by atoms with van der Waals surface area (Å²) in [5.41, 5.74) is 0. The van der Waals surface area contributed by atoms with Crippen molar-refractivity contribution in [2.24, 2.45) is 0 Å². The van der Waals surface area contributed by atoms with Crippen LogP contribution in [0.15, 0.2) is 0 Å². The molecule has 0 heterocycles. The molecule has 0 aliphatic carbocycles. The Morgan fingerprint density at radius 3 is 1.86 bits per heavy atom. The summed E-state index contributed by atoms with van der Waals surface area (Å²) < 4.78 is 2.71. The van der Waals surface area contributed by atoms with Gasteiger partial charge in [-0.3, -0.25) is 0 Å². The highest BCUT2D eigenvalue weighted by Crippen LogP contribution is 2.19. The Labute approximate surface area is 92.0 Å². The van der Waals surface area contributed by atoms with Crippen LogP contribution in [0.25, 0.3) is 0 Å². The minimum Gasteiger partial charge on any atom is -0.324 e. The van der Waals surface area contributed by atoms with Gasteiger partial charge in [0.25, 0.3) is 0 Å². The maximum Gasteiger partial charge on any atom is 0.122 e. The Morgan fingerprint density at radius 2 is 1.43 bits per heavy atom. The van der Waals surface area contributed by atoms with Gasteiger partial charge in [-0.25, -0.2) is 0 Å². The van der Waals surface area contributed by atoms with E-state index in [-0.39, 0.29) is 0 Å². The van der Waals surface area contributed by atoms with Crippen molar-refractivity contribution in [3.8, 4) is 0 Å². The molecule has 0 aliphatic rings. The molecule has 0 aliphatic heterocycles. The third kappa shape index (κ3) is 5.16. The summed E-state index contributed by atoms with van der Waals surface area (Å²) in [6.45, 7) is 14.4. The van der Waals surface area contributed by atoms with Crippen molar-refractivity contribution >= 4 is 8.24 Å². The van der Waals surface area contributed by atoms with E-state index in [2.05, 4.69) is 38.4 Å². The molecule has 0 rings (SSSR count). The summed E-state index contributed by atoms with van der Waals surface area (Å²) in [5.74, 6) is 0. The lowest BCUT2D eigenvalue weighted by molar-refractivity contribution is 0.461. The maximum absolute atomic E-state index is 2.71. The van der Waals surface area contributed by atoms with Gasteiger partial charge in [-0.05, 0) is 19.1 Å². The summed E-state index contributed by atoms with van der Waals surface area (Å²) in [6, 6.07) is 1.48. The predicted octanol–water partition coefficient (Wildman–Crippen LogP) is 4.11. The molecule has 0 fully saturated rings. The average Bonchev–Trinajstić information content (AvgIpc) is 2.14. The summed E-state index contributed by atoms with van der Waals surface area (Å²) in [6.07, 6.45) is 5.66. The van der Waals surface area contributed by atoms with Crippen molar-refractivity contribution in [1.82, 2.24) is 4.57 Å². The van der Waals surface area contributed by atoms with Gasteiger partial charge in [0, 0.05) is 0 Å². The lowest BCUT2D eigenvalue weighted by atomic mass is 10.2. The van der Waals surface area contributed by atoms with E-state index in [1.165, 1.54) is 44.8 Å². The topological polar surface area (TPSA) is 3.24 Å². The van der Waals surface area contributed by atoms with E-state index in [0.29, 0.717) is 0 Å². The highest BCUT2D eigenvalue weighted by atomic mass is 28.3. The van der Waals surface area contributed by atoms with Crippen LogP contribution in [0.4, 0.5) is 0 Å². The SMILES string of the molecule is CCCCCC[Si](C)(C)N(CC)CC. The van der Waals surface area contributed by atoms with E-state index in [1.54, 1.807) is 0 Å². The standard InChI is InChI=1S/C12H29NSi/c1-6-9-10-11-12-14(4,5)13(7-2)8-3/h6-12H2,1-5H3. The molecule has 0 amide bonds. The molecule has 0 N–H and O–H groups in total. The molecule has 0 saturated carbocycles. The molecule has 0 aromatic heterocycles. The smallest absolute Gasteiger partial charge is 0.122 e. The van der Waals surface area contributed by atoms with Gasteiger partial charge in [-0.1, -0.05) is 59.5 Å². The van der Waals surface area contributed by atoms with Crippen LogP contribution in [0.3, 0.4) is 0 Å². The first-order chi connectivity index (χ1) is 6.58. The van der Waals surface area contributed by atoms with Crippen LogP contribution >= 0.6 is 0 Å². The maximum atomic E-state index is 2.71. The van der Waals surface area contributed by atoms with Crippen molar-refractivity contribution in [1.29, 1.82) is 0 Å². The lowest BCUT2D eigenvalue weighted by Crippen LogP contribution is -2.48. The summed E-state index contributed by atoms with van der Waals surface area (Å²) in [7, 11) is -1.05. The van der Waals surface area contributed by atoms with E-state index in [1.807, 2.05) is 0 Å². The number of rotatable bonds is 8. The second kappa shape index (κ2) is 7.47. The van der Waals surface area contributed by atoms with E-state index < -0.39 is 8.24 Å². The first kappa shape index (κ1) is 14.2. The normalized spacial score (nSPS) is 12.4. The van der Waals surface area contributed by atoms with Crippen molar-refractivity contribution < 1.29 is 0 Å². The lowest BCUT2D eigenvalue weighted by Gasteiger charge is -2.35. The van der Waals surface area contributed by atoms with Gasteiger partial charge in [0.05, 0.1) is 0 Å². The van der Waals surface area contributed by atoms with Crippen molar-refractivity contribution in [2.75, 3.05) is 13.1 Å². The first-order valence-electron chi connectivity index (χ1n) is 6.33. The number of nitrogens with zero attached hydrogens (tertiary/aromatic N) is 1. The van der Waals surface area contributed by atoms with Crippen LogP contribution in [0, 0.1) is 0 Å². The second-order valence-corrected chi connectivity index (χ2v) is 9.55. The summed E-state index contributed by atoms with van der Waals surface area (Å²) in [5, 5.41) is 0. The Hall–Kier alpha value is 0.177. The van der Waals surface area contributed by atoms with Gasteiger partial charge in [0.2, 0.25) is 0 Å². The van der Waals surface area contributed by atoms with E-state index in [9.17, 15) is 0 Å². The van der Waals surface area contributed by atoms with Crippen LogP contribution in [-0.4, -0.2) is 25.9 Å². The van der Waals surface area contributed by atoms with Crippen LogP contribution < -0.4 is 0 Å². The molecule has 1 nitrogen and oxygen atoms in total. The van der Waals surface area contributed by atoms with E-state index >= 15 is 0 Å². The predicted molar refractivity (Wildman–Crippen MR) is 69.4 cm³/mol. The molecule has 14 heavy (non-hydrogen) atoms. The van der Waals surface area contributed by atoms with E-state index in [0.717, 1.165) is 0 Å². The number of hydrogen-bond donors (Lipinski definition) is 0. The fourth-order valence-corrected chi connectivity index (χ4v) is 5.37. The molecule has 0 radical (unpaired) electrons. The minimum absolute atomic E-state index is 1.05. The molecular weight excluding hydrogens is 186 g/mol. The third-order valence-electron chi connectivity index (χ3n) is 3.26. The van der Waals surface area contributed by atoms with Crippen molar-refractivity contribution in [3.63, 3.8) is 0 Å². The fraction of sp³-hybridized carbons (Fsp3) is 1.00. The highest BCUT2D eigenvalue weighted by Gasteiger charge is 2.25. The van der Waals surface area contributed by atoms with Crippen LogP contribution in [0.1, 0.15) is 46.5 Å². The molecular formula is C12H29NSi. The highest BCUT2D eigenvalue weighted by molar-refractivity contribution is 6.74. The minimum atomic E-state index is -1.05. The number of hydrogen-bond acceptors (Lipinski definition) is 1. The van der Waals surface area contributed by atoms with Crippen molar-refractivity contribution in [3.05, 3.63) is 0 Å². The Balaban J connectivity index is 3.80. The zero-order valence-electron chi connectivity index (χ0n) is 10.9. The largest absolute Gasteiger partial charge is 0.324 e. The second-order valence-electron chi connectivity index (χ2n) is 4.80. The molecule has 0 atom stereocenters. The Kier molecular flexibility index (Phi) is 7.56. The molecule has 86 valence electrons. The van der Waals surface area contributed by atoms with E-state index in [4.69, 9.17) is 0 Å². The zero-order chi connectivity index (χ0) is 11.0. The number of unbranched alkanes of at least 4 members (excludes halogenated alkanes) is 3. The Morgan fingerprint density at radius 1 is 0.857 bits per heavy atom. The quantitative estimate of drug-likeness (QED) is 0.435. The molecule has 0 aromatic rings. The fourth-order valence-electron chi connectivity index (χ4n) is 2.22. The summed E-state index contributed by atoms with van der Waals surface area (Å²) >= 11 is 0.